The predicted octanol–water partition coefficient (Wildman–Crippen LogP) is 2.35. The molecule has 0 saturated heterocycles. The van der Waals surface area contributed by atoms with E-state index in [9.17, 15) is 4.79 Å². The molecule has 0 saturated carbocycles. The standard InChI is InChI=1S/C12H12ClNO3/c1-16-8-2-3-9(10(13)6-8)11(15)7-12-14-4-5-17-12/h2-3,6H,4-5,7H2,1H3. The van der Waals surface area contributed by atoms with E-state index in [4.69, 9.17) is 21.1 Å². The molecule has 0 radical (unpaired) electrons. The van der Waals surface area contributed by atoms with Gasteiger partial charge < -0.3 is 9.47 Å². The number of ketones is 1. The second-order valence-corrected chi connectivity index (χ2v) is 3.98. The van der Waals surface area contributed by atoms with Crippen molar-refractivity contribution in [2.45, 2.75) is 6.42 Å². The van der Waals surface area contributed by atoms with Crippen molar-refractivity contribution in [3.63, 3.8) is 0 Å². The number of nitrogens with zero attached hydrogens (tertiary/aromatic N) is 1. The largest absolute Gasteiger partial charge is 0.497 e. The van der Waals surface area contributed by atoms with Crippen LogP contribution >= 0.6 is 11.6 Å². The smallest absolute Gasteiger partial charge is 0.191 e. The van der Waals surface area contributed by atoms with Crippen LogP contribution in [0, 0.1) is 0 Å². The number of carbonyl (C=O) groups is 1. The van der Waals surface area contributed by atoms with Crippen molar-refractivity contribution in [3.05, 3.63) is 28.8 Å². The van der Waals surface area contributed by atoms with E-state index in [1.165, 1.54) is 0 Å². The first kappa shape index (κ1) is 11.9. The van der Waals surface area contributed by atoms with Crippen LogP contribution in [-0.2, 0) is 4.74 Å². The molecule has 2 rings (SSSR count). The van der Waals surface area contributed by atoms with Crippen LogP contribution in [0.4, 0.5) is 0 Å². The molecule has 0 aromatic heterocycles. The molecule has 0 atom stereocenters. The Morgan fingerprint density at radius 2 is 2.41 bits per heavy atom. The molecule has 5 heteroatoms. The van der Waals surface area contributed by atoms with Crippen molar-refractivity contribution in [1.29, 1.82) is 0 Å². The van der Waals surface area contributed by atoms with Gasteiger partial charge >= 0.3 is 0 Å². The number of methoxy groups -OCH3 is 1. The molecule has 0 amide bonds. The van der Waals surface area contributed by atoms with E-state index in [0.29, 0.717) is 35.4 Å². The highest BCUT2D eigenvalue weighted by molar-refractivity contribution is 6.34. The molecule has 0 fully saturated rings. The molecule has 1 aromatic carbocycles. The van der Waals surface area contributed by atoms with Gasteiger partial charge in [-0.25, -0.2) is 0 Å². The topological polar surface area (TPSA) is 47.9 Å². The van der Waals surface area contributed by atoms with E-state index in [-0.39, 0.29) is 12.2 Å². The van der Waals surface area contributed by atoms with Gasteiger partial charge in [0.05, 0.1) is 25.1 Å². The molecular weight excluding hydrogens is 242 g/mol. The van der Waals surface area contributed by atoms with Gasteiger partial charge in [-0.3, -0.25) is 9.79 Å². The average molecular weight is 254 g/mol. The van der Waals surface area contributed by atoms with Crippen LogP contribution in [0.25, 0.3) is 0 Å². The summed E-state index contributed by atoms with van der Waals surface area (Å²) in [5.74, 6) is 1.01. The Balaban J connectivity index is 2.13. The monoisotopic (exact) mass is 253 g/mol. The molecule has 1 aliphatic rings. The Bertz CT molecular complexity index is 471. The number of Topliss-reactive ketones (excluding diaryl/α,β-unsaturated/α-hetero) is 1. The molecule has 1 aromatic rings. The van der Waals surface area contributed by atoms with Crippen LogP contribution in [-0.4, -0.2) is 31.9 Å². The summed E-state index contributed by atoms with van der Waals surface area (Å²) in [6.45, 7) is 1.18. The lowest BCUT2D eigenvalue weighted by molar-refractivity contribution is 0.0995. The van der Waals surface area contributed by atoms with Crippen molar-refractivity contribution >= 4 is 23.3 Å². The van der Waals surface area contributed by atoms with Crippen LogP contribution in [0.15, 0.2) is 23.2 Å². The van der Waals surface area contributed by atoms with Crippen molar-refractivity contribution in [2.75, 3.05) is 20.3 Å². The van der Waals surface area contributed by atoms with E-state index in [1.54, 1.807) is 25.3 Å². The predicted molar refractivity (Wildman–Crippen MR) is 65.2 cm³/mol. The summed E-state index contributed by atoms with van der Waals surface area (Å²) in [5, 5.41) is 0.382. The second kappa shape index (κ2) is 5.19. The Kier molecular flexibility index (Phi) is 3.64. The molecule has 0 unspecified atom stereocenters. The maximum Gasteiger partial charge on any atom is 0.191 e. The van der Waals surface area contributed by atoms with Gasteiger partial charge in [-0.15, -0.1) is 0 Å². The maximum atomic E-state index is 11.9. The molecule has 4 nitrogen and oxygen atoms in total. The zero-order chi connectivity index (χ0) is 12.3. The number of aliphatic imine (C=N–C) groups is 1. The lowest BCUT2D eigenvalue weighted by atomic mass is 10.1. The maximum absolute atomic E-state index is 11.9. The first-order chi connectivity index (χ1) is 8.20. The van der Waals surface area contributed by atoms with E-state index in [1.807, 2.05) is 0 Å². The first-order valence-corrected chi connectivity index (χ1v) is 5.61. The summed E-state index contributed by atoms with van der Waals surface area (Å²) < 4.78 is 10.2. The third kappa shape index (κ3) is 2.77. The van der Waals surface area contributed by atoms with Gasteiger partial charge in [0.1, 0.15) is 12.4 Å². The Morgan fingerprint density at radius 1 is 1.59 bits per heavy atom. The fourth-order valence-electron chi connectivity index (χ4n) is 1.57. The third-order valence-corrected chi connectivity index (χ3v) is 2.75. The molecule has 0 bridgehead atoms. The summed E-state index contributed by atoms with van der Waals surface area (Å²) in [5.41, 5.74) is 0.464. The van der Waals surface area contributed by atoms with Crippen molar-refractivity contribution in [2.24, 2.45) is 4.99 Å². The number of hydrogen-bond donors (Lipinski definition) is 0. The molecule has 0 N–H and O–H groups in total. The zero-order valence-corrected chi connectivity index (χ0v) is 10.2. The summed E-state index contributed by atoms with van der Waals surface area (Å²) in [6.07, 6.45) is 0.159. The fraction of sp³-hybridized carbons (Fsp3) is 0.333. The lowest BCUT2D eigenvalue weighted by Gasteiger charge is -2.06. The Morgan fingerprint density at radius 3 is 3.00 bits per heavy atom. The number of ether oxygens (including phenoxy) is 2. The second-order valence-electron chi connectivity index (χ2n) is 3.57. The summed E-state index contributed by atoms with van der Waals surface area (Å²) in [7, 11) is 1.55. The molecule has 1 aliphatic heterocycles. The van der Waals surface area contributed by atoms with Crippen molar-refractivity contribution in [1.82, 2.24) is 0 Å². The highest BCUT2D eigenvalue weighted by Gasteiger charge is 2.17. The first-order valence-electron chi connectivity index (χ1n) is 5.23. The minimum absolute atomic E-state index is 0.0988. The van der Waals surface area contributed by atoms with Gasteiger partial charge in [0.15, 0.2) is 11.7 Å². The van der Waals surface area contributed by atoms with Crippen molar-refractivity contribution < 1.29 is 14.3 Å². The molecule has 1 heterocycles. The van der Waals surface area contributed by atoms with Crippen LogP contribution in [0.2, 0.25) is 5.02 Å². The average Bonchev–Trinajstić information content (AvgIpc) is 2.81. The van der Waals surface area contributed by atoms with Gasteiger partial charge in [0, 0.05) is 5.56 Å². The van der Waals surface area contributed by atoms with E-state index < -0.39 is 0 Å². The molecular formula is C12H12ClNO3. The number of carbonyl (C=O) groups excluding carboxylic acids is 1. The molecule has 0 aliphatic carbocycles. The molecule has 90 valence electrons. The normalized spacial score (nSPS) is 14.1. The van der Waals surface area contributed by atoms with Gasteiger partial charge in [-0.1, -0.05) is 11.6 Å². The van der Waals surface area contributed by atoms with Crippen LogP contribution in [0.5, 0.6) is 5.75 Å². The number of benzene rings is 1. The van der Waals surface area contributed by atoms with Gasteiger partial charge in [-0.2, -0.15) is 0 Å². The van der Waals surface area contributed by atoms with E-state index in [0.717, 1.165) is 0 Å². The molecule has 0 spiro atoms. The number of halogens is 1. The zero-order valence-electron chi connectivity index (χ0n) is 9.40. The van der Waals surface area contributed by atoms with Crippen LogP contribution < -0.4 is 4.74 Å². The Hall–Kier alpha value is -1.55. The van der Waals surface area contributed by atoms with Crippen LogP contribution in [0.3, 0.4) is 0 Å². The van der Waals surface area contributed by atoms with E-state index >= 15 is 0 Å². The van der Waals surface area contributed by atoms with Gasteiger partial charge in [0.25, 0.3) is 0 Å². The summed E-state index contributed by atoms with van der Waals surface area (Å²) in [4.78, 5) is 16.0. The lowest BCUT2D eigenvalue weighted by Crippen LogP contribution is -2.09. The fourth-order valence-corrected chi connectivity index (χ4v) is 1.84. The third-order valence-electron chi connectivity index (χ3n) is 2.44. The quantitative estimate of drug-likeness (QED) is 0.774. The summed E-state index contributed by atoms with van der Waals surface area (Å²) in [6, 6.07) is 4.97. The van der Waals surface area contributed by atoms with Crippen molar-refractivity contribution in [3.8, 4) is 5.75 Å². The molecule has 17 heavy (non-hydrogen) atoms. The highest BCUT2D eigenvalue weighted by Crippen LogP contribution is 2.23. The minimum atomic E-state index is -0.0988. The highest BCUT2D eigenvalue weighted by atomic mass is 35.5. The SMILES string of the molecule is COc1ccc(C(=O)CC2=NCCO2)c(Cl)c1. The minimum Gasteiger partial charge on any atom is -0.497 e. The Labute approximate surface area is 104 Å². The van der Waals surface area contributed by atoms with E-state index in [2.05, 4.69) is 4.99 Å². The summed E-state index contributed by atoms with van der Waals surface area (Å²) >= 11 is 6.01. The number of rotatable bonds is 4. The van der Waals surface area contributed by atoms with Gasteiger partial charge in [-0.05, 0) is 18.2 Å². The van der Waals surface area contributed by atoms with Gasteiger partial charge in [0.2, 0.25) is 0 Å². The van der Waals surface area contributed by atoms with Crippen LogP contribution in [0.1, 0.15) is 16.8 Å². The number of hydrogen-bond acceptors (Lipinski definition) is 4.